The molecular weight excluding hydrogens is 319 g/mol. The number of rotatable bonds is 6. The molecule has 0 heterocycles. The quantitative estimate of drug-likeness (QED) is 0.698. The fourth-order valence-corrected chi connectivity index (χ4v) is 2.14. The van der Waals surface area contributed by atoms with E-state index in [2.05, 4.69) is 11.9 Å². The second-order valence-electron chi connectivity index (χ2n) is 4.01. The van der Waals surface area contributed by atoms with E-state index in [1.807, 2.05) is 0 Å². The van der Waals surface area contributed by atoms with Crippen LogP contribution in [0.3, 0.4) is 0 Å². The number of aromatic carboxylic acids is 1. The molecule has 1 aromatic rings. The number of urea groups is 1. The van der Waals surface area contributed by atoms with Gasteiger partial charge in [-0.3, -0.25) is 0 Å². The molecule has 21 heavy (non-hydrogen) atoms. The zero-order valence-corrected chi connectivity index (χ0v) is 12.5. The van der Waals surface area contributed by atoms with Crippen molar-refractivity contribution in [2.24, 2.45) is 0 Å². The van der Waals surface area contributed by atoms with Gasteiger partial charge in [0.25, 0.3) is 0 Å². The van der Waals surface area contributed by atoms with Crippen LogP contribution in [0, 0.1) is 0 Å². The summed E-state index contributed by atoms with van der Waals surface area (Å²) in [6.45, 7) is 3.65. The average Bonchev–Trinajstić information content (AvgIpc) is 2.42. The first kappa shape index (κ1) is 17.3. The first-order valence-electron chi connectivity index (χ1n) is 5.90. The Balaban J connectivity index is 2.99. The van der Waals surface area contributed by atoms with E-state index in [0.29, 0.717) is 0 Å². The highest BCUT2D eigenvalue weighted by molar-refractivity contribution is 6.40. The molecule has 0 atom stereocenters. The van der Waals surface area contributed by atoms with Crippen LogP contribution in [-0.2, 0) is 0 Å². The number of nitrogens with one attached hydrogen (secondary N) is 1. The summed E-state index contributed by atoms with van der Waals surface area (Å²) >= 11 is 11.9. The van der Waals surface area contributed by atoms with Crippen molar-refractivity contribution in [3.8, 4) is 0 Å². The van der Waals surface area contributed by atoms with E-state index < -0.39 is 12.0 Å². The standard InChI is InChI=1S/C13H14Cl2N2O4/c1-2-3-17(4-5-18)13(21)16-11-9(14)6-8(12(19)20)7-10(11)15/h2,6-7,18H,1,3-5H2,(H,16,21)(H,19,20). The fraction of sp³-hybridized carbons (Fsp3) is 0.231. The molecule has 0 saturated carbocycles. The molecule has 0 aliphatic heterocycles. The maximum absolute atomic E-state index is 12.0. The molecule has 8 heteroatoms. The zero-order chi connectivity index (χ0) is 16.0. The minimum Gasteiger partial charge on any atom is -0.478 e. The molecule has 114 valence electrons. The van der Waals surface area contributed by atoms with Gasteiger partial charge in [0.15, 0.2) is 0 Å². The van der Waals surface area contributed by atoms with Crippen molar-refractivity contribution in [1.29, 1.82) is 0 Å². The normalized spacial score (nSPS) is 10.0. The molecule has 0 fully saturated rings. The predicted octanol–water partition coefficient (Wildman–Crippen LogP) is 2.70. The Morgan fingerprint density at radius 1 is 1.33 bits per heavy atom. The number of benzene rings is 1. The van der Waals surface area contributed by atoms with Crippen molar-refractivity contribution in [2.45, 2.75) is 0 Å². The van der Waals surface area contributed by atoms with Crippen LogP contribution in [-0.4, -0.2) is 46.8 Å². The van der Waals surface area contributed by atoms with E-state index in [9.17, 15) is 9.59 Å². The van der Waals surface area contributed by atoms with E-state index in [1.54, 1.807) is 0 Å². The largest absolute Gasteiger partial charge is 0.478 e. The minimum absolute atomic E-state index is 0.0100. The number of amides is 2. The molecule has 1 aromatic carbocycles. The Kier molecular flexibility index (Phi) is 6.48. The molecule has 3 N–H and O–H groups in total. The van der Waals surface area contributed by atoms with Crippen molar-refractivity contribution < 1.29 is 19.8 Å². The molecule has 0 radical (unpaired) electrons. The van der Waals surface area contributed by atoms with Gasteiger partial charge in [0.2, 0.25) is 0 Å². The van der Waals surface area contributed by atoms with Crippen molar-refractivity contribution in [3.63, 3.8) is 0 Å². The number of anilines is 1. The third-order valence-corrected chi connectivity index (χ3v) is 3.12. The molecule has 0 aromatic heterocycles. The van der Waals surface area contributed by atoms with Gasteiger partial charge in [-0.2, -0.15) is 0 Å². The van der Waals surface area contributed by atoms with Gasteiger partial charge in [-0.05, 0) is 12.1 Å². The van der Waals surface area contributed by atoms with E-state index in [4.69, 9.17) is 33.4 Å². The van der Waals surface area contributed by atoms with Crippen LogP contribution in [0.15, 0.2) is 24.8 Å². The number of aliphatic hydroxyl groups excluding tert-OH is 1. The van der Waals surface area contributed by atoms with Gasteiger partial charge < -0.3 is 20.4 Å². The highest BCUT2D eigenvalue weighted by Crippen LogP contribution is 2.32. The van der Waals surface area contributed by atoms with Crippen LogP contribution in [0.2, 0.25) is 10.0 Å². The van der Waals surface area contributed by atoms with Gasteiger partial charge in [0.05, 0.1) is 27.9 Å². The number of aliphatic hydroxyl groups is 1. The average molecular weight is 333 g/mol. The third kappa shape index (κ3) is 4.63. The van der Waals surface area contributed by atoms with Crippen LogP contribution in [0.1, 0.15) is 10.4 Å². The molecule has 1 rings (SSSR count). The topological polar surface area (TPSA) is 89.9 Å². The Bertz CT molecular complexity index is 540. The summed E-state index contributed by atoms with van der Waals surface area (Å²) in [4.78, 5) is 24.2. The summed E-state index contributed by atoms with van der Waals surface area (Å²) in [7, 11) is 0. The lowest BCUT2D eigenvalue weighted by molar-refractivity contribution is 0.0697. The van der Waals surface area contributed by atoms with Gasteiger partial charge >= 0.3 is 12.0 Å². The smallest absolute Gasteiger partial charge is 0.335 e. The first-order chi connectivity index (χ1) is 9.90. The van der Waals surface area contributed by atoms with Crippen LogP contribution in [0.25, 0.3) is 0 Å². The van der Waals surface area contributed by atoms with Crippen molar-refractivity contribution in [1.82, 2.24) is 4.90 Å². The number of carboxylic acids is 1. The van der Waals surface area contributed by atoms with Crippen LogP contribution >= 0.6 is 23.2 Å². The van der Waals surface area contributed by atoms with E-state index in [1.165, 1.54) is 23.1 Å². The monoisotopic (exact) mass is 332 g/mol. The molecule has 0 saturated heterocycles. The first-order valence-corrected chi connectivity index (χ1v) is 6.66. The maximum atomic E-state index is 12.0. The molecule has 0 aliphatic carbocycles. The summed E-state index contributed by atoms with van der Waals surface area (Å²) in [6.07, 6.45) is 1.51. The second kappa shape index (κ2) is 7.87. The number of carbonyl (C=O) groups is 2. The lowest BCUT2D eigenvalue weighted by Gasteiger charge is -2.21. The number of hydrogen-bond donors (Lipinski definition) is 3. The lowest BCUT2D eigenvalue weighted by atomic mass is 10.2. The van der Waals surface area contributed by atoms with E-state index in [0.717, 1.165) is 0 Å². The number of hydrogen-bond acceptors (Lipinski definition) is 3. The van der Waals surface area contributed by atoms with Gasteiger partial charge in [-0.25, -0.2) is 9.59 Å². The zero-order valence-electron chi connectivity index (χ0n) is 11.0. The van der Waals surface area contributed by atoms with Crippen LogP contribution < -0.4 is 5.32 Å². The SMILES string of the molecule is C=CCN(CCO)C(=O)Nc1c(Cl)cc(C(=O)O)cc1Cl. The molecule has 0 aliphatic rings. The van der Waals surface area contributed by atoms with Gasteiger partial charge in [-0.15, -0.1) is 6.58 Å². The number of carbonyl (C=O) groups excluding carboxylic acids is 1. The Morgan fingerprint density at radius 2 is 1.90 bits per heavy atom. The summed E-state index contributed by atoms with van der Waals surface area (Å²) in [5.74, 6) is -1.18. The molecule has 6 nitrogen and oxygen atoms in total. The van der Waals surface area contributed by atoms with Crippen molar-refractivity contribution in [2.75, 3.05) is 25.0 Å². The van der Waals surface area contributed by atoms with Crippen molar-refractivity contribution in [3.05, 3.63) is 40.4 Å². The van der Waals surface area contributed by atoms with E-state index >= 15 is 0 Å². The van der Waals surface area contributed by atoms with Gasteiger partial charge in [0, 0.05) is 13.1 Å². The Morgan fingerprint density at radius 3 is 2.33 bits per heavy atom. The lowest BCUT2D eigenvalue weighted by Crippen LogP contribution is -2.37. The highest BCUT2D eigenvalue weighted by atomic mass is 35.5. The van der Waals surface area contributed by atoms with E-state index in [-0.39, 0.29) is 41.0 Å². The maximum Gasteiger partial charge on any atom is 0.335 e. The summed E-state index contributed by atoms with van der Waals surface area (Å²) in [5.41, 5.74) is 0.0293. The number of nitrogens with zero attached hydrogens (tertiary/aromatic N) is 1. The third-order valence-electron chi connectivity index (χ3n) is 2.53. The molecule has 2 amide bonds. The van der Waals surface area contributed by atoms with Crippen LogP contribution in [0.4, 0.5) is 10.5 Å². The predicted molar refractivity (Wildman–Crippen MR) is 81.3 cm³/mol. The molecular formula is C13H14Cl2N2O4. The van der Waals surface area contributed by atoms with Gasteiger partial charge in [0.1, 0.15) is 0 Å². The minimum atomic E-state index is -1.18. The molecule has 0 unspecified atom stereocenters. The fourth-order valence-electron chi connectivity index (χ4n) is 1.55. The molecule has 0 spiro atoms. The Hall–Kier alpha value is -1.76. The summed E-state index contributed by atoms with van der Waals surface area (Å²) in [6, 6.07) is 1.85. The summed E-state index contributed by atoms with van der Waals surface area (Å²) in [5, 5.41) is 20.3. The summed E-state index contributed by atoms with van der Waals surface area (Å²) < 4.78 is 0. The highest BCUT2D eigenvalue weighted by Gasteiger charge is 2.17. The van der Waals surface area contributed by atoms with Gasteiger partial charge in [-0.1, -0.05) is 29.3 Å². The molecule has 0 bridgehead atoms. The van der Waals surface area contributed by atoms with Crippen molar-refractivity contribution >= 4 is 40.9 Å². The second-order valence-corrected chi connectivity index (χ2v) is 4.82. The Labute approximate surface area is 131 Å². The van der Waals surface area contributed by atoms with Crippen LogP contribution in [0.5, 0.6) is 0 Å². The number of halogens is 2. The number of carboxylic acid groups (broad SMARTS) is 1.